The van der Waals surface area contributed by atoms with Crippen LogP contribution in [0.15, 0.2) is 30.3 Å². The molecule has 3 N–H and O–H groups in total. The summed E-state index contributed by atoms with van der Waals surface area (Å²) in [6, 6.07) is 6.78. The van der Waals surface area contributed by atoms with Gasteiger partial charge >= 0.3 is 0 Å². The number of rotatable bonds is 3. The number of para-hydroxylation sites is 1. The fraction of sp³-hybridized carbons (Fsp3) is 0.0769. The van der Waals surface area contributed by atoms with Crippen molar-refractivity contribution in [2.45, 2.75) is 6.54 Å². The molecule has 0 heterocycles. The van der Waals surface area contributed by atoms with Crippen LogP contribution in [0.5, 0.6) is 0 Å². The summed E-state index contributed by atoms with van der Waals surface area (Å²) < 4.78 is 52.7. The first-order valence-electron chi connectivity index (χ1n) is 5.41. The minimum absolute atomic E-state index is 0.0522. The van der Waals surface area contributed by atoms with Gasteiger partial charge in [-0.05, 0) is 11.6 Å². The molecule has 0 fully saturated rings. The lowest BCUT2D eigenvalue weighted by molar-refractivity contribution is 0.458. The minimum atomic E-state index is -1.46. The van der Waals surface area contributed by atoms with Gasteiger partial charge in [-0.2, -0.15) is 0 Å². The van der Waals surface area contributed by atoms with Crippen molar-refractivity contribution < 1.29 is 17.6 Å². The number of hydrogen-bond acceptors (Lipinski definition) is 2. The third-order valence-electron chi connectivity index (χ3n) is 2.62. The fourth-order valence-corrected chi connectivity index (χ4v) is 1.61. The molecule has 2 aromatic carbocycles. The number of nitrogens with two attached hydrogens (primary N) is 1. The SMILES string of the molecule is Nc1ccccc1CNc1c(F)c(F)cc(F)c1F. The smallest absolute Gasteiger partial charge is 0.185 e. The van der Waals surface area contributed by atoms with E-state index in [4.69, 9.17) is 5.73 Å². The number of benzene rings is 2. The molecule has 0 bridgehead atoms. The van der Waals surface area contributed by atoms with Crippen LogP contribution in [0.25, 0.3) is 0 Å². The van der Waals surface area contributed by atoms with Gasteiger partial charge in [-0.15, -0.1) is 0 Å². The van der Waals surface area contributed by atoms with Gasteiger partial charge in [0.05, 0.1) is 0 Å². The van der Waals surface area contributed by atoms with E-state index in [-0.39, 0.29) is 12.6 Å². The van der Waals surface area contributed by atoms with Crippen LogP contribution >= 0.6 is 0 Å². The third-order valence-corrected chi connectivity index (χ3v) is 2.62. The molecule has 19 heavy (non-hydrogen) atoms. The maximum absolute atomic E-state index is 13.4. The van der Waals surface area contributed by atoms with Crippen molar-refractivity contribution in [3.63, 3.8) is 0 Å². The highest BCUT2D eigenvalue weighted by molar-refractivity contribution is 5.51. The van der Waals surface area contributed by atoms with Crippen LogP contribution < -0.4 is 11.1 Å². The van der Waals surface area contributed by atoms with E-state index in [1.54, 1.807) is 24.3 Å². The minimum Gasteiger partial charge on any atom is -0.398 e. The topological polar surface area (TPSA) is 38.0 Å². The largest absolute Gasteiger partial charge is 0.398 e. The number of nitrogens with one attached hydrogen (secondary N) is 1. The third kappa shape index (κ3) is 2.62. The molecule has 2 rings (SSSR count). The molecule has 100 valence electrons. The van der Waals surface area contributed by atoms with Crippen molar-refractivity contribution in [2.75, 3.05) is 11.1 Å². The molecule has 0 spiro atoms. The molecule has 0 aliphatic rings. The van der Waals surface area contributed by atoms with E-state index < -0.39 is 29.0 Å². The van der Waals surface area contributed by atoms with Crippen molar-refractivity contribution >= 4 is 11.4 Å². The Morgan fingerprint density at radius 2 is 1.53 bits per heavy atom. The van der Waals surface area contributed by atoms with Crippen LogP contribution in [0.4, 0.5) is 28.9 Å². The highest BCUT2D eigenvalue weighted by atomic mass is 19.2. The Kier molecular flexibility index (Phi) is 3.59. The Hall–Kier alpha value is -2.24. The van der Waals surface area contributed by atoms with Crippen molar-refractivity contribution in [1.82, 2.24) is 0 Å². The fourth-order valence-electron chi connectivity index (χ4n) is 1.61. The van der Waals surface area contributed by atoms with Gasteiger partial charge in [0, 0.05) is 18.3 Å². The molecule has 0 aliphatic heterocycles. The first kappa shape index (κ1) is 13.2. The molecule has 0 amide bonds. The number of nitrogen functional groups attached to an aromatic ring is 1. The summed E-state index contributed by atoms with van der Waals surface area (Å²) in [6.45, 7) is -0.0522. The lowest BCUT2D eigenvalue weighted by atomic mass is 10.1. The number of anilines is 2. The average molecular weight is 270 g/mol. The van der Waals surface area contributed by atoms with Crippen molar-refractivity contribution in [3.8, 4) is 0 Å². The summed E-state index contributed by atoms with van der Waals surface area (Å²) in [5, 5.41) is 2.31. The van der Waals surface area contributed by atoms with Gasteiger partial charge in [0.15, 0.2) is 23.3 Å². The summed E-state index contributed by atoms with van der Waals surface area (Å²) >= 11 is 0. The lowest BCUT2D eigenvalue weighted by Gasteiger charge is -2.11. The van der Waals surface area contributed by atoms with E-state index in [0.717, 1.165) is 0 Å². The van der Waals surface area contributed by atoms with E-state index in [2.05, 4.69) is 5.32 Å². The quantitative estimate of drug-likeness (QED) is 0.509. The first-order chi connectivity index (χ1) is 9.00. The normalized spacial score (nSPS) is 10.5. The Morgan fingerprint density at radius 3 is 2.11 bits per heavy atom. The van der Waals surface area contributed by atoms with E-state index in [1.165, 1.54) is 0 Å². The molecule has 0 saturated carbocycles. The predicted molar refractivity (Wildman–Crippen MR) is 64.5 cm³/mol. The maximum atomic E-state index is 13.4. The Bertz CT molecular complexity index is 588. The van der Waals surface area contributed by atoms with E-state index in [1.807, 2.05) is 0 Å². The van der Waals surface area contributed by atoms with Crippen LogP contribution in [-0.2, 0) is 6.54 Å². The molecule has 2 aromatic rings. The van der Waals surface area contributed by atoms with E-state index in [0.29, 0.717) is 11.3 Å². The summed E-state index contributed by atoms with van der Waals surface area (Å²) in [4.78, 5) is 0. The molecular formula is C13H10F4N2. The van der Waals surface area contributed by atoms with Crippen LogP contribution in [0.1, 0.15) is 5.56 Å². The molecule has 0 aliphatic carbocycles. The highest BCUT2D eigenvalue weighted by Crippen LogP contribution is 2.25. The number of halogens is 4. The molecule has 0 atom stereocenters. The molecule has 2 nitrogen and oxygen atoms in total. The van der Waals surface area contributed by atoms with Crippen molar-refractivity contribution in [3.05, 3.63) is 59.2 Å². The van der Waals surface area contributed by atoms with Crippen LogP contribution in [0.3, 0.4) is 0 Å². The van der Waals surface area contributed by atoms with E-state index in [9.17, 15) is 17.6 Å². The van der Waals surface area contributed by atoms with Gasteiger partial charge in [0.1, 0.15) is 5.69 Å². The molecular weight excluding hydrogens is 260 g/mol. The summed E-state index contributed by atoms with van der Waals surface area (Å²) in [5.74, 6) is -5.84. The summed E-state index contributed by atoms with van der Waals surface area (Å²) in [7, 11) is 0. The van der Waals surface area contributed by atoms with Gasteiger partial charge in [-0.1, -0.05) is 18.2 Å². The Balaban J connectivity index is 2.28. The Labute approximate surface area is 106 Å². The highest BCUT2D eigenvalue weighted by Gasteiger charge is 2.18. The molecule has 6 heteroatoms. The average Bonchev–Trinajstić information content (AvgIpc) is 2.38. The number of hydrogen-bond donors (Lipinski definition) is 2. The second-order valence-electron chi connectivity index (χ2n) is 3.90. The van der Waals surface area contributed by atoms with Gasteiger partial charge in [-0.25, -0.2) is 17.6 Å². The zero-order chi connectivity index (χ0) is 14.0. The van der Waals surface area contributed by atoms with Crippen molar-refractivity contribution in [1.29, 1.82) is 0 Å². The van der Waals surface area contributed by atoms with Gasteiger partial charge in [0.2, 0.25) is 0 Å². The monoisotopic (exact) mass is 270 g/mol. The lowest BCUT2D eigenvalue weighted by Crippen LogP contribution is -2.08. The van der Waals surface area contributed by atoms with Crippen molar-refractivity contribution in [2.24, 2.45) is 0 Å². The van der Waals surface area contributed by atoms with Gasteiger partial charge in [-0.3, -0.25) is 0 Å². The van der Waals surface area contributed by atoms with Crippen LogP contribution in [0.2, 0.25) is 0 Å². The maximum Gasteiger partial charge on any atom is 0.185 e. The summed E-state index contributed by atoms with van der Waals surface area (Å²) in [5.41, 5.74) is 5.77. The molecule has 0 aromatic heterocycles. The second-order valence-corrected chi connectivity index (χ2v) is 3.90. The molecule has 0 radical (unpaired) electrons. The molecule has 0 saturated heterocycles. The predicted octanol–water partition coefficient (Wildman–Crippen LogP) is 3.44. The first-order valence-corrected chi connectivity index (χ1v) is 5.41. The molecule has 0 unspecified atom stereocenters. The van der Waals surface area contributed by atoms with Crippen LogP contribution in [0, 0.1) is 23.3 Å². The zero-order valence-electron chi connectivity index (χ0n) is 9.68. The van der Waals surface area contributed by atoms with Gasteiger partial charge < -0.3 is 11.1 Å². The standard InChI is InChI=1S/C13H10F4N2/c14-8-5-9(15)12(17)13(11(8)16)19-6-7-3-1-2-4-10(7)18/h1-5,19H,6,18H2. The second kappa shape index (κ2) is 5.17. The van der Waals surface area contributed by atoms with E-state index >= 15 is 0 Å². The Morgan fingerprint density at radius 1 is 0.947 bits per heavy atom. The zero-order valence-corrected chi connectivity index (χ0v) is 9.68. The van der Waals surface area contributed by atoms with Gasteiger partial charge in [0.25, 0.3) is 0 Å². The summed E-state index contributed by atoms with van der Waals surface area (Å²) in [6.07, 6.45) is 0. The van der Waals surface area contributed by atoms with Crippen LogP contribution in [-0.4, -0.2) is 0 Å².